The Hall–Kier alpha value is -2.41. The summed E-state index contributed by atoms with van der Waals surface area (Å²) in [6.07, 6.45) is 2.40. The number of carbonyl (C=O) groups is 1. The van der Waals surface area contributed by atoms with Gasteiger partial charge in [-0.1, -0.05) is 17.3 Å². The third-order valence-electron chi connectivity index (χ3n) is 6.50. The van der Waals surface area contributed by atoms with Gasteiger partial charge in [0.05, 0.1) is 11.7 Å². The molecule has 2 amide bonds. The maximum absolute atomic E-state index is 13.9. The van der Waals surface area contributed by atoms with Crippen LogP contribution in [0.25, 0.3) is 0 Å². The molecule has 154 valence electrons. The predicted octanol–water partition coefficient (Wildman–Crippen LogP) is 3.48. The van der Waals surface area contributed by atoms with Crippen LogP contribution in [0.4, 0.5) is 9.18 Å². The average Bonchev–Trinajstić information content (AvgIpc) is 3.15. The van der Waals surface area contributed by atoms with Crippen LogP contribution in [0.5, 0.6) is 0 Å². The van der Waals surface area contributed by atoms with E-state index in [1.807, 2.05) is 11.0 Å². The number of carbonyl (C=O) groups excluding carboxylic acids is 1. The van der Waals surface area contributed by atoms with Crippen LogP contribution in [0, 0.1) is 17.7 Å². The highest BCUT2D eigenvalue weighted by atomic mass is 19.1. The molecule has 1 saturated carbocycles. The van der Waals surface area contributed by atoms with Crippen LogP contribution < -0.4 is 0 Å². The maximum atomic E-state index is 13.9. The molecule has 7 heteroatoms. The second kappa shape index (κ2) is 7.13. The molecular weight excluding hydrogens is 371 g/mol. The minimum Gasteiger partial charge on any atom is -0.361 e. The standard InChI is InChI=1S/C22H27FN4O2/c1-25(2)22(28)27-11-16-10-26(12-18-9-20(29-24-18)14-6-7-14)13-19(16)21(27)15-4-3-5-17(23)8-15/h3-5,8-9,14,16,19,21H,6-7,10-13H2,1-2H3/t16-,19-,21+/m1/s1. The second-order valence-electron chi connectivity index (χ2n) is 8.94. The Morgan fingerprint density at radius 3 is 2.79 bits per heavy atom. The van der Waals surface area contributed by atoms with Gasteiger partial charge in [-0.2, -0.15) is 0 Å². The lowest BCUT2D eigenvalue weighted by molar-refractivity contribution is 0.151. The first kappa shape index (κ1) is 18.6. The van der Waals surface area contributed by atoms with Gasteiger partial charge in [-0.15, -0.1) is 0 Å². The van der Waals surface area contributed by atoms with E-state index < -0.39 is 0 Å². The molecule has 2 aromatic rings. The molecule has 29 heavy (non-hydrogen) atoms. The number of nitrogens with zero attached hydrogens (tertiary/aromatic N) is 4. The molecule has 0 bridgehead atoms. The van der Waals surface area contributed by atoms with Gasteiger partial charge >= 0.3 is 6.03 Å². The highest BCUT2D eigenvalue weighted by Gasteiger charge is 2.49. The van der Waals surface area contributed by atoms with Crippen molar-refractivity contribution in [2.45, 2.75) is 31.3 Å². The number of rotatable bonds is 4. The first-order valence-corrected chi connectivity index (χ1v) is 10.4. The van der Waals surface area contributed by atoms with Crippen molar-refractivity contribution in [1.29, 1.82) is 0 Å². The zero-order valence-corrected chi connectivity index (χ0v) is 16.9. The van der Waals surface area contributed by atoms with Gasteiger partial charge in [0.15, 0.2) is 0 Å². The van der Waals surface area contributed by atoms with Crippen molar-refractivity contribution in [2.75, 3.05) is 33.7 Å². The van der Waals surface area contributed by atoms with Gasteiger partial charge in [0.1, 0.15) is 11.6 Å². The molecule has 1 aromatic carbocycles. The largest absolute Gasteiger partial charge is 0.361 e. The van der Waals surface area contributed by atoms with Crippen molar-refractivity contribution < 1.29 is 13.7 Å². The molecular formula is C22H27FN4O2. The third-order valence-corrected chi connectivity index (χ3v) is 6.50. The van der Waals surface area contributed by atoms with E-state index in [0.29, 0.717) is 18.4 Å². The van der Waals surface area contributed by atoms with Crippen molar-refractivity contribution in [1.82, 2.24) is 19.9 Å². The van der Waals surface area contributed by atoms with Crippen molar-refractivity contribution in [3.63, 3.8) is 0 Å². The fourth-order valence-corrected chi connectivity index (χ4v) is 5.03. The number of aromatic nitrogens is 1. The Morgan fingerprint density at radius 1 is 1.24 bits per heavy atom. The van der Waals surface area contributed by atoms with Crippen molar-refractivity contribution >= 4 is 6.03 Å². The summed E-state index contributed by atoms with van der Waals surface area (Å²) in [5.74, 6) is 1.99. The van der Waals surface area contributed by atoms with Crippen LogP contribution in [0.15, 0.2) is 34.9 Å². The van der Waals surface area contributed by atoms with Gasteiger partial charge in [0.25, 0.3) is 0 Å². The number of amides is 2. The third kappa shape index (κ3) is 3.52. The topological polar surface area (TPSA) is 52.8 Å². The van der Waals surface area contributed by atoms with Crippen molar-refractivity contribution in [2.24, 2.45) is 11.8 Å². The monoisotopic (exact) mass is 398 g/mol. The zero-order valence-electron chi connectivity index (χ0n) is 16.9. The number of fused-ring (bicyclic) bond motifs is 1. The smallest absolute Gasteiger partial charge is 0.320 e. The Kier molecular flexibility index (Phi) is 4.57. The number of halogens is 1. The van der Waals surface area contributed by atoms with Crippen LogP contribution in [0.1, 0.15) is 41.8 Å². The van der Waals surface area contributed by atoms with E-state index in [4.69, 9.17) is 4.52 Å². The first-order valence-electron chi connectivity index (χ1n) is 10.4. The Labute approximate surface area is 170 Å². The molecule has 3 heterocycles. The van der Waals surface area contributed by atoms with Gasteiger partial charge in [-0.3, -0.25) is 4.90 Å². The number of benzene rings is 1. The summed E-state index contributed by atoms with van der Waals surface area (Å²) in [4.78, 5) is 18.7. The second-order valence-corrected chi connectivity index (χ2v) is 8.94. The predicted molar refractivity (Wildman–Crippen MR) is 106 cm³/mol. The quantitative estimate of drug-likeness (QED) is 0.791. The van der Waals surface area contributed by atoms with E-state index in [-0.39, 0.29) is 23.8 Å². The van der Waals surface area contributed by atoms with E-state index >= 15 is 0 Å². The molecule has 6 nitrogen and oxygen atoms in total. The Bertz CT molecular complexity index is 910. The highest BCUT2D eigenvalue weighted by Crippen LogP contribution is 2.46. The number of urea groups is 1. The van der Waals surface area contributed by atoms with E-state index in [1.54, 1.807) is 31.1 Å². The minimum absolute atomic E-state index is 0.00853. The van der Waals surface area contributed by atoms with Crippen LogP contribution in [0.3, 0.4) is 0 Å². The molecule has 0 radical (unpaired) electrons. The first-order chi connectivity index (χ1) is 14.0. The lowest BCUT2D eigenvalue weighted by Gasteiger charge is -2.31. The van der Waals surface area contributed by atoms with Gasteiger partial charge < -0.3 is 14.3 Å². The summed E-state index contributed by atoms with van der Waals surface area (Å²) >= 11 is 0. The van der Waals surface area contributed by atoms with Gasteiger partial charge in [-0.25, -0.2) is 9.18 Å². The zero-order chi connectivity index (χ0) is 20.1. The lowest BCUT2D eigenvalue weighted by atomic mass is 9.89. The van der Waals surface area contributed by atoms with Gasteiger partial charge in [-0.05, 0) is 36.5 Å². The van der Waals surface area contributed by atoms with Crippen molar-refractivity contribution in [3.05, 3.63) is 53.2 Å². The molecule has 5 rings (SSSR count). The molecule has 3 fully saturated rings. The van der Waals surface area contributed by atoms with E-state index in [0.717, 1.165) is 36.7 Å². The Morgan fingerprint density at radius 2 is 2.07 bits per heavy atom. The Balaban J connectivity index is 1.35. The maximum Gasteiger partial charge on any atom is 0.320 e. The lowest BCUT2D eigenvalue weighted by Crippen LogP contribution is -2.41. The SMILES string of the molecule is CN(C)C(=O)N1C[C@H]2CN(Cc3cc(C4CC4)on3)C[C@H]2[C@@H]1c1cccc(F)c1. The van der Waals surface area contributed by atoms with E-state index in [9.17, 15) is 9.18 Å². The van der Waals surface area contributed by atoms with E-state index in [1.165, 1.54) is 18.9 Å². The van der Waals surface area contributed by atoms with Gasteiger partial charge in [0, 0.05) is 58.2 Å². The summed E-state index contributed by atoms with van der Waals surface area (Å²) in [5.41, 5.74) is 1.86. The average molecular weight is 398 g/mol. The number of hydrogen-bond donors (Lipinski definition) is 0. The van der Waals surface area contributed by atoms with Crippen LogP contribution >= 0.6 is 0 Å². The molecule has 2 saturated heterocycles. The summed E-state index contributed by atoms with van der Waals surface area (Å²) in [5, 5.41) is 4.25. The summed E-state index contributed by atoms with van der Waals surface area (Å²) < 4.78 is 19.4. The molecule has 0 N–H and O–H groups in total. The van der Waals surface area contributed by atoms with Crippen LogP contribution in [-0.4, -0.2) is 59.6 Å². The molecule has 2 aliphatic heterocycles. The van der Waals surface area contributed by atoms with Crippen LogP contribution in [0.2, 0.25) is 0 Å². The number of hydrogen-bond acceptors (Lipinski definition) is 4. The summed E-state index contributed by atoms with van der Waals surface area (Å²) in [6, 6.07) is 8.69. The minimum atomic E-state index is -0.256. The highest BCUT2D eigenvalue weighted by molar-refractivity contribution is 5.75. The van der Waals surface area contributed by atoms with Gasteiger partial charge in [0.2, 0.25) is 0 Å². The van der Waals surface area contributed by atoms with Crippen LogP contribution in [-0.2, 0) is 6.54 Å². The molecule has 3 aliphatic rings. The normalized spacial score (nSPS) is 26.7. The summed E-state index contributed by atoms with van der Waals surface area (Å²) in [7, 11) is 3.54. The number of likely N-dealkylation sites (tertiary alicyclic amines) is 2. The van der Waals surface area contributed by atoms with Crippen molar-refractivity contribution in [3.8, 4) is 0 Å². The fourth-order valence-electron chi connectivity index (χ4n) is 5.03. The molecule has 0 unspecified atom stereocenters. The molecule has 1 aromatic heterocycles. The fraction of sp³-hybridized carbons (Fsp3) is 0.545. The molecule has 1 aliphatic carbocycles. The molecule has 3 atom stereocenters. The van der Waals surface area contributed by atoms with E-state index in [2.05, 4.69) is 16.1 Å². The summed E-state index contributed by atoms with van der Waals surface area (Å²) in [6.45, 7) is 3.25. The molecule has 0 spiro atoms.